The van der Waals surface area contributed by atoms with Gasteiger partial charge in [-0.15, -0.1) is 30.7 Å². The van der Waals surface area contributed by atoms with Gasteiger partial charge in [-0.25, -0.2) is 0 Å². The van der Waals surface area contributed by atoms with E-state index in [2.05, 4.69) is 40.9 Å². The highest BCUT2D eigenvalue weighted by molar-refractivity contribution is 7.87. The molecule has 28 nitrogen and oxygen atoms in total. The van der Waals surface area contributed by atoms with Crippen LogP contribution >= 0.6 is 0 Å². The van der Waals surface area contributed by atoms with Gasteiger partial charge in [-0.3, -0.25) is 22.8 Å². The summed E-state index contributed by atoms with van der Waals surface area (Å²) in [5.74, 6) is -0.564. The molecule has 0 aliphatic rings. The molecule has 79 heavy (non-hydrogen) atoms. The van der Waals surface area contributed by atoms with Gasteiger partial charge < -0.3 is 19.3 Å². The van der Waals surface area contributed by atoms with Gasteiger partial charge in [0.2, 0.25) is 0 Å². The number of phenols is 1. The van der Waals surface area contributed by atoms with Crippen molar-refractivity contribution < 1.29 is 84.2 Å². The molecular weight excluding hydrogens is 1140 g/mol. The van der Waals surface area contributed by atoms with Crippen LogP contribution in [0.25, 0.3) is 49.0 Å². The minimum atomic E-state index is -5.16. The molecule has 1 heterocycles. The van der Waals surface area contributed by atoms with Gasteiger partial charge in [0, 0.05) is 39.7 Å². The van der Waals surface area contributed by atoms with Crippen LogP contribution < -0.4 is 14.2 Å². The van der Waals surface area contributed by atoms with Gasteiger partial charge in [-0.1, -0.05) is 12.1 Å². The molecule has 0 atom stereocenters. The average Bonchev–Trinajstić information content (AvgIpc) is 3.83. The van der Waals surface area contributed by atoms with Gasteiger partial charge in [-0.05, 0) is 96.1 Å². The minimum Gasteiger partial charge on any atom is -0.505 e. The zero-order valence-electron chi connectivity index (χ0n) is 40.4. The number of azo groups is 3. The normalized spacial score (nSPS) is 13.0. The molecule has 408 valence electrons. The van der Waals surface area contributed by atoms with E-state index in [1.807, 2.05) is 0 Å². The molecule has 0 bridgehead atoms. The highest BCUT2D eigenvalue weighted by atomic mass is 32.2. The van der Waals surface area contributed by atoms with Crippen molar-refractivity contribution in [2.45, 2.75) is 31.4 Å². The maximum Gasteiger partial charge on any atom is 0.296 e. The third-order valence-electron chi connectivity index (χ3n) is 11.8. The highest BCUT2D eigenvalue weighted by Gasteiger charge is 2.26. The summed E-state index contributed by atoms with van der Waals surface area (Å²) in [4.78, 5) is -3.11. The molecule has 0 amide bonds. The monoisotopic (exact) mass is 1180 g/mol. The van der Waals surface area contributed by atoms with Crippen molar-refractivity contribution in [2.24, 2.45) is 30.7 Å². The SMILES string of the molecule is COc1cc(N=Nc2ccc3c(S(=O)(=O)O)cc(S(=O)(=O)O)cc3c2)c(C)cc1N=Nc1cc(OC)c(N=Nc2c(S(=O)(=O)O)cc3cc(-n4nc5ccc6c(S(=O)(=O)O)cc(S(=O)(=O)O)cc6c5n4)ccc3c2O)cc1OC. The lowest BCUT2D eigenvalue weighted by Gasteiger charge is -2.11. The maximum absolute atomic E-state index is 12.9. The van der Waals surface area contributed by atoms with Crippen LogP contribution in [0.1, 0.15) is 5.56 Å². The number of phenolic OH excluding ortho intramolecular Hbond substituents is 1. The molecule has 0 radical (unpaired) electrons. The summed E-state index contributed by atoms with van der Waals surface area (Å²) < 4.78 is 188. The highest BCUT2D eigenvalue weighted by Crippen LogP contribution is 2.46. The lowest BCUT2D eigenvalue weighted by atomic mass is 10.1. The van der Waals surface area contributed by atoms with Crippen LogP contribution in [0.15, 0.2) is 158 Å². The van der Waals surface area contributed by atoms with E-state index >= 15 is 0 Å². The van der Waals surface area contributed by atoms with Gasteiger partial charge in [0.1, 0.15) is 65.7 Å². The Morgan fingerprint density at radius 2 is 0.937 bits per heavy atom. The number of hydrogen-bond acceptors (Lipinski definition) is 22. The number of rotatable bonds is 15. The second-order valence-corrected chi connectivity index (χ2v) is 23.7. The number of hydrogen-bond donors (Lipinski definition) is 6. The second kappa shape index (κ2) is 20.1. The van der Waals surface area contributed by atoms with E-state index in [4.69, 9.17) is 14.2 Å². The standard InChI is InChI=1S/C46H35N9O19S5/c1-22-11-35(38(72-2)19-34(22)48-47-25-5-7-29-23(12-25)14-27(75(57,58)59)17-41(29)77(63,64)65)49-50-36-20-40(74-4)37(21-39(36)73-3)51-52-45-43(79(69,70)71)15-24-13-26(6-8-30(24)46(45)56)55-53-33-10-9-31-32(44(33)54-55)16-28(76(60,61)62)18-42(31)78(66,67)68/h5-21,56H,1-4H3,(H,57,58,59)(H,60,61,62)(H,63,64,65)(H,66,67,68)(H,69,70,71). The molecule has 0 saturated carbocycles. The number of aromatic nitrogens is 3. The molecule has 0 unspecified atom stereocenters. The second-order valence-electron chi connectivity index (χ2n) is 16.7. The number of methoxy groups -OCH3 is 3. The molecule has 6 N–H and O–H groups in total. The third kappa shape index (κ3) is 11.0. The molecule has 1 aromatic heterocycles. The Balaban J connectivity index is 1.02. The van der Waals surface area contributed by atoms with Crippen LogP contribution in [-0.2, 0) is 50.6 Å². The molecule has 0 aliphatic carbocycles. The number of ether oxygens (including phenoxy) is 3. The quantitative estimate of drug-likeness (QED) is 0.0411. The predicted molar refractivity (Wildman–Crippen MR) is 278 cm³/mol. The molecule has 0 spiro atoms. The summed E-state index contributed by atoms with van der Waals surface area (Å²) in [6.45, 7) is 1.66. The topological polar surface area (TPSA) is 425 Å². The van der Waals surface area contributed by atoms with Crippen LogP contribution in [0.5, 0.6) is 23.0 Å². The predicted octanol–water partition coefficient (Wildman–Crippen LogP) is 9.40. The Hall–Kier alpha value is -8.51. The van der Waals surface area contributed by atoms with Gasteiger partial charge in [0.25, 0.3) is 50.6 Å². The van der Waals surface area contributed by atoms with Crippen molar-refractivity contribution in [3.8, 4) is 28.7 Å². The van der Waals surface area contributed by atoms with Crippen LogP contribution in [0.3, 0.4) is 0 Å². The van der Waals surface area contributed by atoms with E-state index in [1.165, 1.54) is 88.1 Å². The van der Waals surface area contributed by atoms with E-state index in [-0.39, 0.29) is 94.7 Å². The zero-order chi connectivity index (χ0) is 57.3. The van der Waals surface area contributed by atoms with Crippen molar-refractivity contribution in [1.29, 1.82) is 0 Å². The lowest BCUT2D eigenvalue weighted by Crippen LogP contribution is -2.04. The van der Waals surface area contributed by atoms with E-state index in [1.54, 1.807) is 13.0 Å². The number of benzene rings is 8. The molecule has 9 rings (SSSR count). The van der Waals surface area contributed by atoms with Crippen molar-refractivity contribution in [3.05, 3.63) is 109 Å². The summed E-state index contributed by atoms with van der Waals surface area (Å²) in [5, 5.41) is 45.0. The van der Waals surface area contributed by atoms with Crippen molar-refractivity contribution in [3.63, 3.8) is 0 Å². The van der Waals surface area contributed by atoms with Gasteiger partial charge in [0.15, 0.2) is 5.75 Å². The summed E-state index contributed by atoms with van der Waals surface area (Å²) in [5.41, 5.74) is 0.512. The largest absolute Gasteiger partial charge is 0.505 e. The van der Waals surface area contributed by atoms with Crippen LogP contribution in [0.2, 0.25) is 0 Å². The number of nitrogens with zero attached hydrogens (tertiary/aromatic N) is 9. The van der Waals surface area contributed by atoms with Gasteiger partial charge in [0.05, 0.1) is 48.2 Å². The van der Waals surface area contributed by atoms with Crippen molar-refractivity contribution in [1.82, 2.24) is 15.0 Å². The van der Waals surface area contributed by atoms with Crippen LogP contribution in [0.4, 0.5) is 34.1 Å². The van der Waals surface area contributed by atoms with E-state index in [9.17, 15) is 70.0 Å². The van der Waals surface area contributed by atoms with Crippen molar-refractivity contribution >= 4 is 128 Å². The number of fused-ring (bicyclic) bond motifs is 5. The molecule has 8 aromatic carbocycles. The molecule has 0 fully saturated rings. The Labute approximate surface area is 445 Å². The molecule has 0 saturated heterocycles. The molecule has 9 aromatic rings. The fourth-order valence-electron chi connectivity index (χ4n) is 8.06. The molecule has 33 heteroatoms. The molecule has 0 aliphatic heterocycles. The zero-order valence-corrected chi connectivity index (χ0v) is 44.5. The first-order chi connectivity index (χ1) is 37.0. The first kappa shape index (κ1) is 55.3. The average molecular weight is 1180 g/mol. The molecular formula is C46H35N9O19S5. The van der Waals surface area contributed by atoms with Gasteiger partial charge in [-0.2, -0.15) is 57.1 Å². The number of aryl methyl sites for hydroxylation is 1. The van der Waals surface area contributed by atoms with Gasteiger partial charge >= 0.3 is 0 Å². The van der Waals surface area contributed by atoms with E-state index in [0.29, 0.717) is 17.7 Å². The first-order valence-electron chi connectivity index (χ1n) is 21.8. The van der Waals surface area contributed by atoms with E-state index < -0.39 is 86.5 Å². The Bertz CT molecular complexity index is 4800. The minimum absolute atomic E-state index is 0.00159. The fraction of sp³-hybridized carbons (Fsp3) is 0.0870. The van der Waals surface area contributed by atoms with E-state index in [0.717, 1.165) is 23.0 Å². The lowest BCUT2D eigenvalue weighted by molar-refractivity contribution is 0.404. The summed E-state index contributed by atoms with van der Waals surface area (Å²) in [6, 6.07) is 20.3. The Kier molecular flexibility index (Phi) is 14.0. The first-order valence-corrected chi connectivity index (χ1v) is 29.0. The maximum atomic E-state index is 12.9. The Morgan fingerprint density at radius 3 is 1.51 bits per heavy atom. The fourth-order valence-corrected chi connectivity index (χ4v) is 11.4. The van der Waals surface area contributed by atoms with Crippen LogP contribution in [-0.4, -0.2) is 106 Å². The number of aromatic hydroxyl groups is 1. The summed E-state index contributed by atoms with van der Waals surface area (Å²) >= 11 is 0. The Morgan fingerprint density at radius 1 is 0.443 bits per heavy atom. The van der Waals surface area contributed by atoms with Crippen LogP contribution in [0, 0.1) is 6.92 Å². The summed E-state index contributed by atoms with van der Waals surface area (Å²) in [7, 11) is -21.0. The summed E-state index contributed by atoms with van der Waals surface area (Å²) in [6.07, 6.45) is 0. The third-order valence-corrected chi connectivity index (χ3v) is 16.1. The smallest absolute Gasteiger partial charge is 0.296 e. The van der Waals surface area contributed by atoms with Crippen molar-refractivity contribution in [2.75, 3.05) is 21.3 Å².